The number of sulfonamides is 1. The third-order valence-electron chi connectivity index (χ3n) is 6.36. The minimum atomic E-state index is -3.89. The van der Waals surface area contributed by atoms with E-state index in [4.69, 9.17) is 9.88 Å². The Hall–Kier alpha value is -4.62. The standard InChI is InChI=1S/C27H26N4O8S/c1-2-39-22-10-8-20(9-11-22)30-25(32)17-24(27(30)34)29(26(33)19-4-3-5-21(16-19)31(35)36)15-14-18-6-12-23(13-7-18)40(28,37)38/h3-13,16,24H,2,14-15,17H2,1H3,(H2,28,37,38). The zero-order valence-electron chi connectivity index (χ0n) is 21.4. The van der Waals surface area contributed by atoms with Crippen molar-refractivity contribution in [2.45, 2.75) is 30.7 Å². The van der Waals surface area contributed by atoms with Crippen molar-refractivity contribution in [2.24, 2.45) is 5.14 Å². The molecule has 1 heterocycles. The van der Waals surface area contributed by atoms with E-state index in [1.807, 2.05) is 6.92 Å². The first kappa shape index (κ1) is 28.4. The number of carbonyl (C=O) groups is 3. The molecule has 1 atom stereocenters. The normalized spacial score (nSPS) is 15.2. The fourth-order valence-electron chi connectivity index (χ4n) is 4.40. The smallest absolute Gasteiger partial charge is 0.270 e. The number of rotatable bonds is 10. The van der Waals surface area contributed by atoms with E-state index in [1.54, 1.807) is 24.3 Å². The molecule has 1 aliphatic rings. The number of hydrogen-bond acceptors (Lipinski definition) is 8. The van der Waals surface area contributed by atoms with Gasteiger partial charge in [-0.2, -0.15) is 0 Å². The molecule has 2 N–H and O–H groups in total. The van der Waals surface area contributed by atoms with Crippen LogP contribution in [0.2, 0.25) is 0 Å². The summed E-state index contributed by atoms with van der Waals surface area (Å²) in [5.74, 6) is -1.21. The van der Waals surface area contributed by atoms with E-state index >= 15 is 0 Å². The molecular weight excluding hydrogens is 540 g/mol. The summed E-state index contributed by atoms with van der Waals surface area (Å²) in [6, 6.07) is 16.1. The molecule has 0 bridgehead atoms. The first-order valence-electron chi connectivity index (χ1n) is 12.3. The van der Waals surface area contributed by atoms with E-state index in [0.717, 1.165) is 11.0 Å². The van der Waals surface area contributed by atoms with Crippen LogP contribution in [0, 0.1) is 10.1 Å². The summed E-state index contributed by atoms with van der Waals surface area (Å²) in [4.78, 5) is 53.0. The van der Waals surface area contributed by atoms with Crippen LogP contribution in [0.25, 0.3) is 0 Å². The molecule has 208 valence electrons. The molecule has 0 saturated carbocycles. The minimum absolute atomic E-state index is 0.0152. The minimum Gasteiger partial charge on any atom is -0.494 e. The Bertz CT molecular complexity index is 1560. The fraction of sp³-hybridized carbons (Fsp3) is 0.222. The zero-order chi connectivity index (χ0) is 29.0. The molecule has 0 aromatic heterocycles. The summed E-state index contributed by atoms with van der Waals surface area (Å²) >= 11 is 0. The summed E-state index contributed by atoms with van der Waals surface area (Å²) in [6.45, 7) is 2.24. The number of nitro benzene ring substituents is 1. The number of nitrogens with two attached hydrogens (primary N) is 1. The molecule has 1 fully saturated rings. The number of non-ortho nitro benzene ring substituents is 1. The van der Waals surface area contributed by atoms with Gasteiger partial charge in [0.05, 0.1) is 28.5 Å². The second kappa shape index (κ2) is 11.6. The average molecular weight is 567 g/mol. The van der Waals surface area contributed by atoms with E-state index in [1.165, 1.54) is 47.4 Å². The van der Waals surface area contributed by atoms with Crippen molar-refractivity contribution in [3.05, 3.63) is 94.0 Å². The Morgan fingerprint density at radius 1 is 1.10 bits per heavy atom. The Balaban J connectivity index is 1.64. The van der Waals surface area contributed by atoms with Gasteiger partial charge in [0.15, 0.2) is 0 Å². The summed E-state index contributed by atoms with van der Waals surface area (Å²) in [6.07, 6.45) is -0.0797. The molecule has 3 aromatic rings. The summed E-state index contributed by atoms with van der Waals surface area (Å²) in [5.41, 5.74) is 0.652. The van der Waals surface area contributed by atoms with E-state index < -0.39 is 38.7 Å². The maximum atomic E-state index is 13.6. The lowest BCUT2D eigenvalue weighted by atomic mass is 10.1. The van der Waals surface area contributed by atoms with Gasteiger partial charge in [-0.05, 0) is 61.4 Å². The number of imide groups is 1. The lowest BCUT2D eigenvalue weighted by Crippen LogP contribution is -2.46. The van der Waals surface area contributed by atoms with Crippen LogP contribution in [0.4, 0.5) is 11.4 Å². The van der Waals surface area contributed by atoms with Crippen molar-refractivity contribution in [2.75, 3.05) is 18.1 Å². The highest BCUT2D eigenvalue weighted by molar-refractivity contribution is 7.89. The van der Waals surface area contributed by atoms with Crippen molar-refractivity contribution in [3.63, 3.8) is 0 Å². The molecule has 40 heavy (non-hydrogen) atoms. The molecule has 1 aliphatic heterocycles. The SMILES string of the molecule is CCOc1ccc(N2C(=O)CC(N(CCc3ccc(S(N)(=O)=O)cc3)C(=O)c3cccc([N+](=O)[O-])c3)C2=O)cc1. The van der Waals surface area contributed by atoms with Crippen molar-refractivity contribution < 1.29 is 32.5 Å². The third kappa shape index (κ3) is 6.16. The molecule has 3 amide bonds. The number of benzene rings is 3. The van der Waals surface area contributed by atoms with Crippen LogP contribution in [0.5, 0.6) is 5.75 Å². The highest BCUT2D eigenvalue weighted by Gasteiger charge is 2.44. The quantitative estimate of drug-likeness (QED) is 0.222. The van der Waals surface area contributed by atoms with E-state index in [2.05, 4.69) is 0 Å². The van der Waals surface area contributed by atoms with Crippen molar-refractivity contribution >= 4 is 39.1 Å². The molecule has 1 unspecified atom stereocenters. The van der Waals surface area contributed by atoms with Crippen molar-refractivity contribution in [1.82, 2.24) is 4.90 Å². The van der Waals surface area contributed by atoms with E-state index in [9.17, 15) is 32.9 Å². The number of ether oxygens (including phenoxy) is 1. The number of nitro groups is 1. The van der Waals surface area contributed by atoms with E-state index in [0.29, 0.717) is 23.6 Å². The van der Waals surface area contributed by atoms with Gasteiger partial charge in [0.25, 0.3) is 17.5 Å². The summed E-state index contributed by atoms with van der Waals surface area (Å²) in [5, 5.41) is 16.4. The zero-order valence-corrected chi connectivity index (χ0v) is 22.2. The predicted molar refractivity (Wildman–Crippen MR) is 144 cm³/mol. The van der Waals surface area contributed by atoms with Crippen LogP contribution in [0.15, 0.2) is 77.7 Å². The number of nitrogens with zero attached hydrogens (tertiary/aromatic N) is 3. The van der Waals surface area contributed by atoms with Gasteiger partial charge in [-0.1, -0.05) is 18.2 Å². The second-order valence-electron chi connectivity index (χ2n) is 8.96. The molecule has 3 aromatic carbocycles. The van der Waals surface area contributed by atoms with E-state index in [-0.39, 0.29) is 35.5 Å². The van der Waals surface area contributed by atoms with Gasteiger partial charge in [-0.3, -0.25) is 24.5 Å². The van der Waals surface area contributed by atoms with Gasteiger partial charge in [0.1, 0.15) is 11.8 Å². The number of primary sulfonamides is 1. The predicted octanol–water partition coefficient (Wildman–Crippen LogP) is 2.66. The maximum Gasteiger partial charge on any atom is 0.270 e. The number of amides is 3. The number of anilines is 1. The molecule has 4 rings (SSSR count). The van der Waals surface area contributed by atoms with Gasteiger partial charge in [0.2, 0.25) is 15.9 Å². The molecular formula is C27H26N4O8S. The number of hydrogen-bond donors (Lipinski definition) is 1. The van der Waals surface area contributed by atoms with Crippen LogP contribution >= 0.6 is 0 Å². The highest BCUT2D eigenvalue weighted by Crippen LogP contribution is 2.29. The Morgan fingerprint density at radius 3 is 2.38 bits per heavy atom. The molecule has 0 radical (unpaired) electrons. The molecule has 1 saturated heterocycles. The topological polar surface area (TPSA) is 170 Å². The van der Waals surface area contributed by atoms with Gasteiger partial charge < -0.3 is 9.64 Å². The fourth-order valence-corrected chi connectivity index (χ4v) is 4.92. The van der Waals surface area contributed by atoms with Crippen LogP contribution in [0.3, 0.4) is 0 Å². The first-order chi connectivity index (χ1) is 19.0. The van der Waals surface area contributed by atoms with Crippen molar-refractivity contribution in [3.8, 4) is 5.75 Å². The molecule has 0 spiro atoms. The van der Waals surface area contributed by atoms with Crippen LogP contribution < -0.4 is 14.8 Å². The van der Waals surface area contributed by atoms with Crippen LogP contribution in [-0.4, -0.2) is 55.2 Å². The van der Waals surface area contributed by atoms with Gasteiger partial charge in [-0.25, -0.2) is 18.5 Å². The largest absolute Gasteiger partial charge is 0.494 e. The Morgan fingerprint density at radius 2 is 1.77 bits per heavy atom. The first-order valence-corrected chi connectivity index (χ1v) is 13.8. The Kier molecular flexibility index (Phi) is 8.26. The summed E-state index contributed by atoms with van der Waals surface area (Å²) < 4.78 is 28.5. The molecule has 0 aliphatic carbocycles. The number of carbonyl (C=O) groups excluding carboxylic acids is 3. The maximum absolute atomic E-state index is 13.6. The van der Waals surface area contributed by atoms with Gasteiger partial charge in [0, 0.05) is 24.2 Å². The van der Waals surface area contributed by atoms with Crippen molar-refractivity contribution in [1.29, 1.82) is 0 Å². The lowest BCUT2D eigenvalue weighted by Gasteiger charge is -2.28. The summed E-state index contributed by atoms with van der Waals surface area (Å²) in [7, 11) is -3.89. The van der Waals surface area contributed by atoms with Crippen LogP contribution in [-0.2, 0) is 26.0 Å². The highest BCUT2D eigenvalue weighted by atomic mass is 32.2. The third-order valence-corrected chi connectivity index (χ3v) is 7.29. The molecule has 12 nitrogen and oxygen atoms in total. The van der Waals surface area contributed by atoms with Gasteiger partial charge >= 0.3 is 0 Å². The van der Waals surface area contributed by atoms with Gasteiger partial charge in [-0.15, -0.1) is 0 Å². The lowest BCUT2D eigenvalue weighted by molar-refractivity contribution is -0.384. The second-order valence-corrected chi connectivity index (χ2v) is 10.5. The molecule has 13 heteroatoms. The van der Waals surface area contributed by atoms with Crippen LogP contribution in [0.1, 0.15) is 29.3 Å². The Labute approximate surface area is 230 Å². The average Bonchev–Trinajstić information content (AvgIpc) is 3.22. The monoisotopic (exact) mass is 566 g/mol.